The molecule has 4 rings (SSSR count). The molecule has 9 nitrogen and oxygen atoms in total. The zero-order valence-electron chi connectivity index (χ0n) is 16.9. The van der Waals surface area contributed by atoms with Gasteiger partial charge in [0.15, 0.2) is 11.5 Å². The molecule has 3 amide bonds. The van der Waals surface area contributed by atoms with Crippen LogP contribution in [0, 0.1) is 0 Å². The number of ether oxygens (including phenoxy) is 2. The van der Waals surface area contributed by atoms with Gasteiger partial charge in [0.2, 0.25) is 11.8 Å². The van der Waals surface area contributed by atoms with Crippen LogP contribution in [-0.4, -0.2) is 61.3 Å². The summed E-state index contributed by atoms with van der Waals surface area (Å²) in [5, 5.41) is 2.73. The van der Waals surface area contributed by atoms with Crippen LogP contribution in [0.3, 0.4) is 0 Å². The highest BCUT2D eigenvalue weighted by Gasteiger charge is 2.37. The fraction of sp³-hybridized carbons (Fsp3) is 0.273. The topological polar surface area (TPSA) is 105 Å². The first-order chi connectivity index (χ1) is 15.0. The van der Waals surface area contributed by atoms with Crippen molar-refractivity contribution in [2.24, 2.45) is 0 Å². The van der Waals surface area contributed by atoms with E-state index in [-0.39, 0.29) is 25.2 Å². The van der Waals surface area contributed by atoms with Crippen LogP contribution in [0.5, 0.6) is 11.5 Å². The predicted octanol–water partition coefficient (Wildman–Crippen LogP) is 1.47. The molecule has 2 aliphatic rings. The van der Waals surface area contributed by atoms with E-state index in [1.807, 2.05) is 0 Å². The minimum Gasteiger partial charge on any atom is -0.486 e. The number of nitrogens with zero attached hydrogens (tertiary/aromatic N) is 2. The Balaban J connectivity index is 1.40. The van der Waals surface area contributed by atoms with Gasteiger partial charge in [-0.1, -0.05) is 12.1 Å². The second-order valence-electron chi connectivity index (χ2n) is 7.05. The fourth-order valence-electron chi connectivity index (χ4n) is 3.51. The number of carbonyl (C=O) groups excluding carboxylic acids is 4. The molecule has 0 saturated carbocycles. The maximum absolute atomic E-state index is 12.8. The van der Waals surface area contributed by atoms with Crippen molar-refractivity contribution in [3.63, 3.8) is 0 Å². The summed E-state index contributed by atoms with van der Waals surface area (Å²) in [7, 11) is 0. The Kier molecular flexibility index (Phi) is 5.57. The highest BCUT2D eigenvalue weighted by Crippen LogP contribution is 2.32. The maximum Gasteiger partial charge on any atom is 0.299 e. The Morgan fingerprint density at radius 2 is 1.81 bits per heavy atom. The van der Waals surface area contributed by atoms with E-state index < -0.39 is 23.5 Å². The van der Waals surface area contributed by atoms with E-state index in [9.17, 15) is 19.2 Å². The monoisotopic (exact) mass is 423 g/mol. The number of fused-ring (bicyclic) bond motifs is 2. The summed E-state index contributed by atoms with van der Waals surface area (Å²) >= 11 is 0. The van der Waals surface area contributed by atoms with Gasteiger partial charge in [0.05, 0.1) is 17.8 Å². The van der Waals surface area contributed by atoms with Gasteiger partial charge >= 0.3 is 0 Å². The number of ketones is 1. The van der Waals surface area contributed by atoms with Crippen LogP contribution in [0.15, 0.2) is 42.5 Å². The number of hydrogen-bond acceptors (Lipinski definition) is 6. The highest BCUT2D eigenvalue weighted by atomic mass is 16.6. The molecule has 2 heterocycles. The van der Waals surface area contributed by atoms with Gasteiger partial charge in [-0.15, -0.1) is 0 Å². The summed E-state index contributed by atoms with van der Waals surface area (Å²) in [5.41, 5.74) is 1.20. The van der Waals surface area contributed by atoms with E-state index in [1.54, 1.807) is 49.4 Å². The number of anilines is 2. The summed E-state index contributed by atoms with van der Waals surface area (Å²) in [6.07, 6.45) is 0. The largest absolute Gasteiger partial charge is 0.486 e. The second-order valence-corrected chi connectivity index (χ2v) is 7.05. The first-order valence-corrected chi connectivity index (χ1v) is 9.90. The van der Waals surface area contributed by atoms with E-state index in [4.69, 9.17) is 9.47 Å². The quantitative estimate of drug-likeness (QED) is 0.706. The molecule has 160 valence electrons. The third-order valence-corrected chi connectivity index (χ3v) is 5.07. The zero-order chi connectivity index (χ0) is 22.0. The molecular formula is C22H21N3O6. The standard InChI is InChI=1S/C22H21N3O6/c1-2-24(12-19(26)23-14-7-8-17-18(11-14)31-10-9-30-17)20(27)13-25-16-6-4-3-5-15(16)21(28)22(25)29/h3-8,11H,2,9-10,12-13H2,1H3,(H,23,26). The van der Waals surface area contributed by atoms with Gasteiger partial charge in [-0.3, -0.25) is 24.1 Å². The molecule has 0 fully saturated rings. The smallest absolute Gasteiger partial charge is 0.299 e. The van der Waals surface area contributed by atoms with E-state index >= 15 is 0 Å². The molecule has 2 aromatic rings. The normalized spacial score (nSPS) is 14.3. The Morgan fingerprint density at radius 3 is 2.58 bits per heavy atom. The first kappa shape index (κ1) is 20.4. The Morgan fingerprint density at radius 1 is 1.06 bits per heavy atom. The van der Waals surface area contributed by atoms with Crippen LogP contribution in [-0.2, 0) is 14.4 Å². The average Bonchev–Trinajstić information content (AvgIpc) is 3.02. The molecule has 0 bridgehead atoms. The number of likely N-dealkylation sites (N-methyl/N-ethyl adjacent to an activating group) is 1. The lowest BCUT2D eigenvalue weighted by atomic mass is 10.1. The van der Waals surface area contributed by atoms with E-state index in [0.29, 0.717) is 36.1 Å². The molecule has 0 aromatic heterocycles. The molecule has 0 aliphatic carbocycles. The molecular weight excluding hydrogens is 402 g/mol. The van der Waals surface area contributed by atoms with Crippen LogP contribution >= 0.6 is 0 Å². The number of Topliss-reactive ketones (excluding diaryl/α,β-unsaturated/α-hetero) is 1. The number of carbonyl (C=O) groups is 4. The van der Waals surface area contributed by atoms with E-state index in [0.717, 1.165) is 4.90 Å². The van der Waals surface area contributed by atoms with Gasteiger partial charge < -0.3 is 19.7 Å². The van der Waals surface area contributed by atoms with Crippen LogP contribution in [0.1, 0.15) is 17.3 Å². The van der Waals surface area contributed by atoms with Crippen molar-refractivity contribution in [2.45, 2.75) is 6.92 Å². The maximum atomic E-state index is 12.8. The van der Waals surface area contributed by atoms with Crippen LogP contribution < -0.4 is 19.7 Å². The predicted molar refractivity (Wildman–Crippen MR) is 111 cm³/mol. The highest BCUT2D eigenvalue weighted by molar-refractivity contribution is 6.52. The summed E-state index contributed by atoms with van der Waals surface area (Å²) in [6.45, 7) is 2.41. The van der Waals surface area contributed by atoms with Crippen molar-refractivity contribution >= 4 is 34.9 Å². The van der Waals surface area contributed by atoms with Crippen molar-refractivity contribution in [2.75, 3.05) is 43.1 Å². The Bertz CT molecular complexity index is 1070. The number of para-hydroxylation sites is 1. The summed E-state index contributed by atoms with van der Waals surface area (Å²) in [6, 6.07) is 11.6. The fourth-order valence-corrected chi connectivity index (χ4v) is 3.51. The van der Waals surface area contributed by atoms with Crippen molar-refractivity contribution in [1.82, 2.24) is 4.90 Å². The van der Waals surface area contributed by atoms with Gasteiger partial charge in [0.1, 0.15) is 19.8 Å². The van der Waals surface area contributed by atoms with E-state index in [2.05, 4.69) is 5.32 Å². The average molecular weight is 423 g/mol. The van der Waals surface area contributed by atoms with Crippen molar-refractivity contribution in [3.8, 4) is 11.5 Å². The Labute approximate surface area is 178 Å². The number of hydrogen-bond donors (Lipinski definition) is 1. The summed E-state index contributed by atoms with van der Waals surface area (Å²) in [4.78, 5) is 52.2. The minimum atomic E-state index is -0.744. The number of nitrogens with one attached hydrogen (secondary N) is 1. The minimum absolute atomic E-state index is 0.193. The lowest BCUT2D eigenvalue weighted by molar-refractivity contribution is -0.133. The van der Waals surface area contributed by atoms with Crippen LogP contribution in [0.4, 0.5) is 11.4 Å². The van der Waals surface area contributed by atoms with Gasteiger partial charge in [-0.25, -0.2) is 0 Å². The molecule has 0 saturated heterocycles. The van der Waals surface area contributed by atoms with Gasteiger partial charge in [0.25, 0.3) is 11.7 Å². The molecule has 1 N–H and O–H groups in total. The third kappa shape index (κ3) is 4.07. The number of rotatable bonds is 6. The molecule has 0 atom stereocenters. The number of benzene rings is 2. The lowest BCUT2D eigenvalue weighted by Crippen LogP contribution is -2.45. The third-order valence-electron chi connectivity index (χ3n) is 5.07. The second kappa shape index (κ2) is 8.47. The summed E-state index contributed by atoms with van der Waals surface area (Å²) in [5.74, 6) is -1.05. The molecule has 31 heavy (non-hydrogen) atoms. The van der Waals surface area contributed by atoms with Gasteiger partial charge in [-0.2, -0.15) is 0 Å². The number of amides is 3. The van der Waals surface area contributed by atoms with Crippen LogP contribution in [0.25, 0.3) is 0 Å². The SMILES string of the molecule is CCN(CC(=O)Nc1ccc2c(c1)OCCO2)C(=O)CN1C(=O)C(=O)c2ccccc21. The van der Waals surface area contributed by atoms with Crippen molar-refractivity contribution in [3.05, 3.63) is 48.0 Å². The van der Waals surface area contributed by atoms with Crippen molar-refractivity contribution < 1.29 is 28.7 Å². The zero-order valence-corrected chi connectivity index (χ0v) is 16.9. The summed E-state index contributed by atoms with van der Waals surface area (Å²) < 4.78 is 11.0. The molecule has 2 aliphatic heterocycles. The van der Waals surface area contributed by atoms with Gasteiger partial charge in [-0.05, 0) is 31.2 Å². The van der Waals surface area contributed by atoms with E-state index in [1.165, 1.54) is 4.90 Å². The molecule has 0 spiro atoms. The van der Waals surface area contributed by atoms with Gasteiger partial charge in [0, 0.05) is 18.3 Å². The Hall–Kier alpha value is -3.88. The molecule has 2 aromatic carbocycles. The molecule has 0 radical (unpaired) electrons. The molecule has 0 unspecified atom stereocenters. The lowest BCUT2D eigenvalue weighted by Gasteiger charge is -2.24. The first-order valence-electron chi connectivity index (χ1n) is 9.90. The van der Waals surface area contributed by atoms with Crippen LogP contribution in [0.2, 0.25) is 0 Å². The van der Waals surface area contributed by atoms with Crippen molar-refractivity contribution in [1.29, 1.82) is 0 Å². The molecule has 9 heteroatoms.